The molecule has 0 radical (unpaired) electrons. The van der Waals surface area contributed by atoms with E-state index in [0.29, 0.717) is 19.6 Å². The number of hydrogen-bond donors (Lipinski definition) is 1. The third-order valence-corrected chi connectivity index (χ3v) is 2.85. The fourth-order valence-corrected chi connectivity index (χ4v) is 1.82. The van der Waals surface area contributed by atoms with Gasteiger partial charge >= 0.3 is 0 Å². The minimum absolute atomic E-state index is 0.0377. The third kappa shape index (κ3) is 5.60. The summed E-state index contributed by atoms with van der Waals surface area (Å²) < 4.78 is 5.69. The summed E-state index contributed by atoms with van der Waals surface area (Å²) in [7, 11) is 0. The van der Waals surface area contributed by atoms with E-state index < -0.39 is 0 Å². The first-order valence-electron chi connectivity index (χ1n) is 6.72. The Morgan fingerprint density at radius 1 is 1.32 bits per heavy atom. The highest BCUT2D eigenvalue weighted by Crippen LogP contribution is 2.22. The van der Waals surface area contributed by atoms with Gasteiger partial charge in [0.05, 0.1) is 13.0 Å². The number of ether oxygens (including phenoxy) is 1. The van der Waals surface area contributed by atoms with Crippen molar-refractivity contribution in [1.82, 2.24) is 5.32 Å². The van der Waals surface area contributed by atoms with Crippen molar-refractivity contribution in [3.05, 3.63) is 41.5 Å². The number of allylic oxidation sites excluding steroid dienone is 1. The van der Waals surface area contributed by atoms with Gasteiger partial charge in [-0.1, -0.05) is 30.4 Å². The number of benzene rings is 1. The predicted molar refractivity (Wildman–Crippen MR) is 78.5 cm³/mol. The molecule has 1 rings (SSSR count). The number of hydrogen-bond acceptors (Lipinski definition) is 2. The van der Waals surface area contributed by atoms with Crippen molar-refractivity contribution >= 4 is 5.91 Å². The maximum atomic E-state index is 11.6. The maximum Gasteiger partial charge on any atom is 0.223 e. The van der Waals surface area contributed by atoms with Crippen molar-refractivity contribution < 1.29 is 9.53 Å². The van der Waals surface area contributed by atoms with Crippen LogP contribution < -0.4 is 10.1 Å². The van der Waals surface area contributed by atoms with Crippen molar-refractivity contribution in [3.63, 3.8) is 0 Å². The molecular formula is C16H23NO2. The van der Waals surface area contributed by atoms with Gasteiger partial charge in [-0.3, -0.25) is 4.79 Å². The fourth-order valence-electron chi connectivity index (χ4n) is 1.82. The van der Waals surface area contributed by atoms with E-state index in [-0.39, 0.29) is 5.91 Å². The number of nitrogens with one attached hydrogen (secondary N) is 1. The number of para-hydroxylation sites is 1. The summed E-state index contributed by atoms with van der Waals surface area (Å²) in [5.74, 6) is 0.931. The second-order valence-electron chi connectivity index (χ2n) is 4.53. The summed E-state index contributed by atoms with van der Waals surface area (Å²) in [5, 5.41) is 2.86. The zero-order chi connectivity index (χ0) is 14.1. The molecule has 0 heterocycles. The first-order chi connectivity index (χ1) is 9.15. The zero-order valence-electron chi connectivity index (χ0n) is 12.0. The molecule has 0 saturated carbocycles. The van der Waals surface area contributed by atoms with Crippen LogP contribution in [0.2, 0.25) is 0 Å². The van der Waals surface area contributed by atoms with E-state index >= 15 is 0 Å². The van der Waals surface area contributed by atoms with Crippen LogP contribution in [-0.4, -0.2) is 19.1 Å². The Morgan fingerprint density at radius 3 is 2.63 bits per heavy atom. The molecule has 0 aliphatic carbocycles. The number of carbonyl (C=O) groups excluding carboxylic acids is 1. The molecule has 1 aromatic carbocycles. The lowest BCUT2D eigenvalue weighted by atomic mass is 10.1. The third-order valence-electron chi connectivity index (χ3n) is 2.85. The monoisotopic (exact) mass is 261 g/mol. The van der Waals surface area contributed by atoms with E-state index in [1.807, 2.05) is 51.1 Å². The number of aryl methyl sites for hydroxylation is 2. The normalized spacial score (nSPS) is 10.7. The van der Waals surface area contributed by atoms with Gasteiger partial charge in [-0.15, -0.1) is 0 Å². The van der Waals surface area contributed by atoms with Gasteiger partial charge in [0.15, 0.2) is 0 Å². The minimum Gasteiger partial charge on any atom is -0.493 e. The Bertz CT molecular complexity index is 418. The molecule has 0 aliphatic rings. The Balaban J connectivity index is 2.28. The van der Waals surface area contributed by atoms with Crippen LogP contribution in [0.5, 0.6) is 5.75 Å². The average molecular weight is 261 g/mol. The van der Waals surface area contributed by atoms with E-state index in [0.717, 1.165) is 23.3 Å². The molecule has 0 aliphatic heterocycles. The standard InChI is InChI=1S/C16H23NO2/c1-4-5-6-11-17-15(18)10-12-19-16-13(2)8-7-9-14(16)3/h4-5,7-9H,6,10-12H2,1-3H3,(H,17,18)/b5-4+. The molecule has 0 atom stereocenters. The van der Waals surface area contributed by atoms with E-state index in [1.54, 1.807) is 0 Å². The summed E-state index contributed by atoms with van der Waals surface area (Å²) in [4.78, 5) is 11.6. The molecule has 0 saturated heterocycles. The number of rotatable bonds is 7. The van der Waals surface area contributed by atoms with Crippen molar-refractivity contribution in [2.45, 2.75) is 33.6 Å². The second kappa shape index (κ2) is 8.35. The van der Waals surface area contributed by atoms with Crippen LogP contribution in [0.3, 0.4) is 0 Å². The molecule has 1 aromatic rings. The first kappa shape index (κ1) is 15.3. The number of amides is 1. The highest BCUT2D eigenvalue weighted by Gasteiger charge is 2.05. The van der Waals surface area contributed by atoms with Gasteiger partial charge in [0.1, 0.15) is 5.75 Å². The molecule has 3 heteroatoms. The van der Waals surface area contributed by atoms with E-state index in [2.05, 4.69) is 5.32 Å². The molecular weight excluding hydrogens is 238 g/mol. The second-order valence-corrected chi connectivity index (χ2v) is 4.53. The van der Waals surface area contributed by atoms with E-state index in [9.17, 15) is 4.79 Å². The highest BCUT2D eigenvalue weighted by atomic mass is 16.5. The fraction of sp³-hybridized carbons (Fsp3) is 0.438. The summed E-state index contributed by atoms with van der Waals surface area (Å²) in [5.41, 5.74) is 2.21. The summed E-state index contributed by atoms with van der Waals surface area (Å²) in [6.07, 6.45) is 5.29. The lowest BCUT2D eigenvalue weighted by Gasteiger charge is -2.11. The largest absolute Gasteiger partial charge is 0.493 e. The smallest absolute Gasteiger partial charge is 0.223 e. The van der Waals surface area contributed by atoms with Crippen molar-refractivity contribution in [2.75, 3.05) is 13.2 Å². The van der Waals surface area contributed by atoms with Gasteiger partial charge in [0.2, 0.25) is 5.91 Å². The molecule has 0 spiro atoms. The Kier molecular flexibility index (Phi) is 6.72. The van der Waals surface area contributed by atoms with Crippen LogP contribution in [0.1, 0.15) is 30.9 Å². The molecule has 0 bridgehead atoms. The minimum atomic E-state index is 0.0377. The molecule has 3 nitrogen and oxygen atoms in total. The quantitative estimate of drug-likeness (QED) is 0.605. The van der Waals surface area contributed by atoms with Crippen molar-refractivity contribution in [2.24, 2.45) is 0 Å². The maximum absolute atomic E-state index is 11.6. The molecule has 0 fully saturated rings. The Labute approximate surface area is 115 Å². The van der Waals surface area contributed by atoms with E-state index in [4.69, 9.17) is 4.74 Å². The van der Waals surface area contributed by atoms with Crippen molar-refractivity contribution in [1.29, 1.82) is 0 Å². The Morgan fingerprint density at radius 2 is 2.00 bits per heavy atom. The summed E-state index contributed by atoms with van der Waals surface area (Å²) in [6.45, 7) is 7.10. The van der Waals surface area contributed by atoms with Crippen LogP contribution >= 0.6 is 0 Å². The lowest BCUT2D eigenvalue weighted by molar-refractivity contribution is -0.121. The SMILES string of the molecule is C/C=C/CCNC(=O)CCOc1c(C)cccc1C. The molecule has 104 valence electrons. The van der Waals surface area contributed by atoms with Crippen LogP contribution in [0.15, 0.2) is 30.4 Å². The van der Waals surface area contributed by atoms with Crippen LogP contribution in [0.4, 0.5) is 0 Å². The average Bonchev–Trinajstić information content (AvgIpc) is 2.38. The first-order valence-corrected chi connectivity index (χ1v) is 6.72. The van der Waals surface area contributed by atoms with Gasteiger partial charge in [0, 0.05) is 6.54 Å². The zero-order valence-corrected chi connectivity index (χ0v) is 12.0. The molecule has 19 heavy (non-hydrogen) atoms. The van der Waals surface area contributed by atoms with Gasteiger partial charge in [-0.2, -0.15) is 0 Å². The van der Waals surface area contributed by atoms with Crippen LogP contribution in [0, 0.1) is 13.8 Å². The van der Waals surface area contributed by atoms with Gasteiger partial charge in [-0.25, -0.2) is 0 Å². The lowest BCUT2D eigenvalue weighted by Crippen LogP contribution is -2.25. The summed E-state index contributed by atoms with van der Waals surface area (Å²) in [6, 6.07) is 6.03. The van der Waals surface area contributed by atoms with Gasteiger partial charge < -0.3 is 10.1 Å². The van der Waals surface area contributed by atoms with Crippen LogP contribution in [0.25, 0.3) is 0 Å². The topological polar surface area (TPSA) is 38.3 Å². The van der Waals surface area contributed by atoms with Gasteiger partial charge in [-0.05, 0) is 38.3 Å². The molecule has 0 aromatic heterocycles. The van der Waals surface area contributed by atoms with Gasteiger partial charge in [0.25, 0.3) is 0 Å². The molecule has 0 unspecified atom stereocenters. The molecule has 1 amide bonds. The predicted octanol–water partition coefficient (Wildman–Crippen LogP) is 3.15. The van der Waals surface area contributed by atoms with Crippen molar-refractivity contribution in [3.8, 4) is 5.75 Å². The number of carbonyl (C=O) groups is 1. The highest BCUT2D eigenvalue weighted by molar-refractivity contribution is 5.75. The summed E-state index contributed by atoms with van der Waals surface area (Å²) >= 11 is 0. The Hall–Kier alpha value is -1.77. The molecule has 1 N–H and O–H groups in total. The van der Waals surface area contributed by atoms with E-state index in [1.165, 1.54) is 0 Å². The van der Waals surface area contributed by atoms with Crippen LogP contribution in [-0.2, 0) is 4.79 Å².